The van der Waals surface area contributed by atoms with Crippen molar-refractivity contribution < 1.29 is 14.3 Å². The van der Waals surface area contributed by atoms with E-state index in [9.17, 15) is 9.59 Å². The smallest absolute Gasteiger partial charge is 0.326 e. The first-order valence-electron chi connectivity index (χ1n) is 6.02. The van der Waals surface area contributed by atoms with Crippen LogP contribution < -0.4 is 10.3 Å². The Morgan fingerprint density at radius 1 is 1.44 bits per heavy atom. The Morgan fingerprint density at radius 3 is 2.78 bits per heavy atom. The van der Waals surface area contributed by atoms with Crippen LogP contribution in [0.25, 0.3) is 0 Å². The maximum absolute atomic E-state index is 11.9. The highest BCUT2D eigenvalue weighted by Gasteiger charge is 2.09. The molecular formula is C13H19NO4. The van der Waals surface area contributed by atoms with Gasteiger partial charge in [0.1, 0.15) is 6.54 Å². The number of esters is 1. The molecule has 18 heavy (non-hydrogen) atoms. The second-order valence-electron chi connectivity index (χ2n) is 4.32. The molecule has 0 aromatic carbocycles. The molecule has 0 saturated carbocycles. The Morgan fingerprint density at radius 2 is 2.17 bits per heavy atom. The molecule has 5 nitrogen and oxygen atoms in total. The van der Waals surface area contributed by atoms with Gasteiger partial charge in [0, 0.05) is 6.20 Å². The van der Waals surface area contributed by atoms with Gasteiger partial charge in [0.25, 0.3) is 5.56 Å². The van der Waals surface area contributed by atoms with Crippen molar-refractivity contribution in [1.29, 1.82) is 0 Å². The van der Waals surface area contributed by atoms with Gasteiger partial charge in [-0.25, -0.2) is 0 Å². The highest BCUT2D eigenvalue weighted by molar-refractivity contribution is 5.69. The van der Waals surface area contributed by atoms with E-state index in [1.807, 2.05) is 13.8 Å². The second kappa shape index (κ2) is 6.83. The van der Waals surface area contributed by atoms with Crippen LogP contribution in [0.2, 0.25) is 0 Å². The molecule has 0 radical (unpaired) electrons. The van der Waals surface area contributed by atoms with Gasteiger partial charge in [-0.05, 0) is 25.0 Å². The van der Waals surface area contributed by atoms with E-state index in [4.69, 9.17) is 9.47 Å². The number of carbonyl (C=O) groups is 1. The molecule has 0 aliphatic carbocycles. The first-order valence-corrected chi connectivity index (χ1v) is 6.02. The van der Waals surface area contributed by atoms with Gasteiger partial charge in [0.15, 0.2) is 5.75 Å². The minimum Gasteiger partial charge on any atom is -0.488 e. The minimum atomic E-state index is -0.417. The average molecular weight is 253 g/mol. The van der Waals surface area contributed by atoms with Crippen molar-refractivity contribution in [3.8, 4) is 5.75 Å². The maximum Gasteiger partial charge on any atom is 0.326 e. The molecule has 0 saturated heterocycles. The number of hydrogen-bond acceptors (Lipinski definition) is 4. The van der Waals surface area contributed by atoms with E-state index in [-0.39, 0.29) is 23.8 Å². The third-order valence-corrected chi connectivity index (χ3v) is 2.16. The lowest BCUT2D eigenvalue weighted by Crippen LogP contribution is -2.26. The molecule has 1 rings (SSSR count). The lowest BCUT2D eigenvalue weighted by atomic mass is 10.2. The Labute approximate surface area is 106 Å². The van der Waals surface area contributed by atoms with Gasteiger partial charge in [0.05, 0.1) is 13.2 Å². The number of hydrogen-bond donors (Lipinski definition) is 0. The van der Waals surface area contributed by atoms with Gasteiger partial charge in [-0.2, -0.15) is 0 Å². The van der Waals surface area contributed by atoms with Gasteiger partial charge in [0.2, 0.25) is 0 Å². The quantitative estimate of drug-likeness (QED) is 0.720. The Kier molecular flexibility index (Phi) is 5.42. The molecule has 0 atom stereocenters. The van der Waals surface area contributed by atoms with Gasteiger partial charge in [-0.1, -0.05) is 13.8 Å². The summed E-state index contributed by atoms with van der Waals surface area (Å²) in [5, 5.41) is 0. The zero-order valence-corrected chi connectivity index (χ0v) is 11.0. The normalized spacial score (nSPS) is 10.4. The molecule has 1 aromatic heterocycles. The highest BCUT2D eigenvalue weighted by atomic mass is 16.5. The van der Waals surface area contributed by atoms with Gasteiger partial charge < -0.3 is 14.0 Å². The molecule has 1 aromatic rings. The van der Waals surface area contributed by atoms with Crippen molar-refractivity contribution >= 4 is 5.97 Å². The fourth-order valence-corrected chi connectivity index (χ4v) is 1.35. The van der Waals surface area contributed by atoms with Crippen LogP contribution in [-0.4, -0.2) is 23.8 Å². The second-order valence-corrected chi connectivity index (χ2v) is 4.32. The molecule has 0 amide bonds. The summed E-state index contributed by atoms with van der Waals surface area (Å²) < 4.78 is 11.5. The van der Waals surface area contributed by atoms with E-state index in [1.165, 1.54) is 4.57 Å². The predicted octanol–water partition coefficient (Wildman–Crippen LogP) is 1.45. The number of rotatable bonds is 6. The van der Waals surface area contributed by atoms with E-state index >= 15 is 0 Å². The molecule has 0 aliphatic heterocycles. The largest absolute Gasteiger partial charge is 0.488 e. The average Bonchev–Trinajstić information content (AvgIpc) is 2.32. The zero-order valence-electron chi connectivity index (χ0n) is 11.0. The summed E-state index contributed by atoms with van der Waals surface area (Å²) in [4.78, 5) is 23.4. The van der Waals surface area contributed by atoms with Crippen LogP contribution >= 0.6 is 0 Å². The van der Waals surface area contributed by atoms with Gasteiger partial charge in [-0.3, -0.25) is 9.59 Å². The Bertz CT molecular complexity index is 451. The number of nitrogens with zero attached hydrogens (tertiary/aromatic N) is 1. The van der Waals surface area contributed by atoms with Crippen LogP contribution in [-0.2, 0) is 16.1 Å². The summed E-state index contributed by atoms with van der Waals surface area (Å²) in [5.41, 5.74) is -0.319. The summed E-state index contributed by atoms with van der Waals surface area (Å²) in [5.74, 6) is 0.108. The van der Waals surface area contributed by atoms with Crippen molar-refractivity contribution in [1.82, 2.24) is 4.57 Å². The molecule has 0 aliphatic rings. The lowest BCUT2D eigenvalue weighted by molar-refractivity contribution is -0.145. The third-order valence-electron chi connectivity index (χ3n) is 2.16. The number of carbonyl (C=O) groups excluding carboxylic acids is 1. The molecule has 1 heterocycles. The van der Waals surface area contributed by atoms with Crippen LogP contribution in [0.15, 0.2) is 23.1 Å². The molecule has 5 heteroatoms. The lowest BCUT2D eigenvalue weighted by Gasteiger charge is -2.09. The van der Waals surface area contributed by atoms with Crippen molar-refractivity contribution in [2.75, 3.05) is 13.2 Å². The number of pyridine rings is 1. The molecule has 0 bridgehead atoms. The van der Waals surface area contributed by atoms with E-state index < -0.39 is 5.97 Å². The van der Waals surface area contributed by atoms with Crippen LogP contribution in [0.5, 0.6) is 5.75 Å². The summed E-state index contributed by atoms with van der Waals surface area (Å²) >= 11 is 0. The van der Waals surface area contributed by atoms with E-state index in [0.717, 1.165) is 0 Å². The van der Waals surface area contributed by atoms with Gasteiger partial charge >= 0.3 is 5.97 Å². The molecule has 0 unspecified atom stereocenters. The topological polar surface area (TPSA) is 57.5 Å². The van der Waals surface area contributed by atoms with Crippen LogP contribution in [0.1, 0.15) is 20.8 Å². The first-order chi connectivity index (χ1) is 8.54. The van der Waals surface area contributed by atoms with Crippen LogP contribution in [0.3, 0.4) is 0 Å². The monoisotopic (exact) mass is 253 g/mol. The molecule has 100 valence electrons. The Hall–Kier alpha value is -1.78. The van der Waals surface area contributed by atoms with Crippen molar-refractivity contribution in [3.63, 3.8) is 0 Å². The van der Waals surface area contributed by atoms with Crippen molar-refractivity contribution in [2.24, 2.45) is 5.92 Å². The molecule has 0 fully saturated rings. The first kappa shape index (κ1) is 14.3. The van der Waals surface area contributed by atoms with E-state index in [1.54, 1.807) is 25.3 Å². The van der Waals surface area contributed by atoms with Gasteiger partial charge in [-0.15, -0.1) is 0 Å². The van der Waals surface area contributed by atoms with Crippen molar-refractivity contribution in [3.05, 3.63) is 28.7 Å². The fraction of sp³-hybridized carbons (Fsp3) is 0.538. The van der Waals surface area contributed by atoms with Crippen molar-refractivity contribution in [2.45, 2.75) is 27.3 Å². The molecule has 0 N–H and O–H groups in total. The summed E-state index contributed by atoms with van der Waals surface area (Å²) in [6.45, 7) is 6.39. The fourth-order valence-electron chi connectivity index (χ4n) is 1.35. The standard InChI is InChI=1S/C13H19NO4/c1-4-17-11-6-5-7-14(13(11)16)8-12(15)18-9-10(2)3/h5-7,10H,4,8-9H2,1-3H3. The van der Waals surface area contributed by atoms with Crippen LogP contribution in [0, 0.1) is 5.92 Å². The van der Waals surface area contributed by atoms with Crippen LogP contribution in [0.4, 0.5) is 0 Å². The SMILES string of the molecule is CCOc1cccn(CC(=O)OCC(C)C)c1=O. The zero-order chi connectivity index (χ0) is 13.5. The van der Waals surface area contributed by atoms with E-state index in [0.29, 0.717) is 13.2 Å². The van der Waals surface area contributed by atoms with E-state index in [2.05, 4.69) is 0 Å². The Balaban J connectivity index is 2.70. The summed E-state index contributed by atoms with van der Waals surface area (Å²) in [7, 11) is 0. The summed E-state index contributed by atoms with van der Waals surface area (Å²) in [6.07, 6.45) is 1.54. The highest BCUT2D eigenvalue weighted by Crippen LogP contribution is 2.02. The molecule has 0 spiro atoms. The number of aromatic nitrogens is 1. The maximum atomic E-state index is 11.9. The summed E-state index contributed by atoms with van der Waals surface area (Å²) in [6, 6.07) is 3.25. The third kappa shape index (κ3) is 4.24. The number of ether oxygens (including phenoxy) is 2. The molecular weight excluding hydrogens is 234 g/mol. The predicted molar refractivity (Wildman–Crippen MR) is 67.7 cm³/mol. The minimum absolute atomic E-state index is 0.0908.